The molecule has 1 heterocycles. The molecule has 0 fully saturated rings. The summed E-state index contributed by atoms with van der Waals surface area (Å²) in [6.45, 7) is 5.59. The summed E-state index contributed by atoms with van der Waals surface area (Å²) in [4.78, 5) is 9.82. The minimum atomic E-state index is -4.18. The van der Waals surface area contributed by atoms with Gasteiger partial charge in [-0.15, -0.1) is 0 Å². The molecule has 1 rings (SSSR count). The Hall–Kier alpha value is -1.53. The summed E-state index contributed by atoms with van der Waals surface area (Å²) in [5.74, 6) is 1.18. The first-order valence-corrected chi connectivity index (χ1v) is 5.92. The van der Waals surface area contributed by atoms with E-state index in [0.29, 0.717) is 11.6 Å². The first kappa shape index (κ1) is 15.5. The number of nitrogen functional groups attached to an aromatic ring is 1. The van der Waals surface area contributed by atoms with Crippen LogP contribution in [0.15, 0.2) is 6.07 Å². The average Bonchev–Trinajstić information content (AvgIpc) is 2.22. The van der Waals surface area contributed by atoms with Crippen LogP contribution in [0.2, 0.25) is 0 Å². The maximum Gasteiger partial charge on any atom is 0.390 e. The highest BCUT2D eigenvalue weighted by atomic mass is 19.4. The maximum absolute atomic E-state index is 12.2. The first-order chi connectivity index (χ1) is 8.49. The molecule has 108 valence electrons. The Bertz CT molecular complexity index is 438. The van der Waals surface area contributed by atoms with Crippen molar-refractivity contribution in [3.8, 4) is 0 Å². The third kappa shape index (κ3) is 4.92. The van der Waals surface area contributed by atoms with E-state index >= 15 is 0 Å². The van der Waals surface area contributed by atoms with E-state index in [4.69, 9.17) is 5.73 Å². The van der Waals surface area contributed by atoms with Crippen molar-refractivity contribution in [3.05, 3.63) is 11.9 Å². The Labute approximate surface area is 110 Å². The monoisotopic (exact) mass is 276 g/mol. The standard InChI is InChI=1S/C12H19F3N4/c1-11(2,3)10-17-8(16)7-9(18-10)19(4)6-5-12(13,14)15/h7H,5-6H2,1-4H3,(H2,16,17,18). The molecular formula is C12H19F3N4. The lowest BCUT2D eigenvalue weighted by atomic mass is 9.96. The Kier molecular flexibility index (Phi) is 4.27. The predicted octanol–water partition coefficient (Wildman–Crippen LogP) is 2.74. The van der Waals surface area contributed by atoms with Crippen LogP contribution in [0, 0.1) is 0 Å². The Morgan fingerprint density at radius 2 is 1.79 bits per heavy atom. The maximum atomic E-state index is 12.2. The van der Waals surface area contributed by atoms with Gasteiger partial charge in [-0.25, -0.2) is 9.97 Å². The number of nitrogens with two attached hydrogens (primary N) is 1. The number of hydrogen-bond acceptors (Lipinski definition) is 4. The molecule has 0 aliphatic rings. The van der Waals surface area contributed by atoms with Gasteiger partial charge >= 0.3 is 6.18 Å². The lowest BCUT2D eigenvalue weighted by Crippen LogP contribution is -2.26. The fourth-order valence-corrected chi connectivity index (χ4v) is 1.39. The lowest BCUT2D eigenvalue weighted by Gasteiger charge is -2.23. The third-order valence-electron chi connectivity index (χ3n) is 2.53. The molecule has 0 spiro atoms. The topological polar surface area (TPSA) is 55.0 Å². The molecule has 0 aromatic carbocycles. The van der Waals surface area contributed by atoms with Crippen molar-refractivity contribution in [3.63, 3.8) is 0 Å². The summed E-state index contributed by atoms with van der Waals surface area (Å²) in [6, 6.07) is 1.48. The van der Waals surface area contributed by atoms with Gasteiger partial charge < -0.3 is 10.6 Å². The van der Waals surface area contributed by atoms with Crippen molar-refractivity contribution in [1.29, 1.82) is 0 Å². The molecule has 0 amide bonds. The molecule has 0 saturated heterocycles. The second-order valence-electron chi connectivity index (χ2n) is 5.51. The number of nitrogens with zero attached hydrogens (tertiary/aromatic N) is 3. The number of anilines is 2. The van der Waals surface area contributed by atoms with Crippen molar-refractivity contribution in [2.75, 3.05) is 24.2 Å². The summed E-state index contributed by atoms with van der Waals surface area (Å²) in [7, 11) is 1.56. The highest BCUT2D eigenvalue weighted by Crippen LogP contribution is 2.24. The van der Waals surface area contributed by atoms with Crippen LogP contribution in [0.4, 0.5) is 24.8 Å². The number of aromatic nitrogens is 2. The third-order valence-corrected chi connectivity index (χ3v) is 2.53. The van der Waals surface area contributed by atoms with Crippen molar-refractivity contribution >= 4 is 11.6 Å². The first-order valence-electron chi connectivity index (χ1n) is 5.92. The zero-order valence-electron chi connectivity index (χ0n) is 11.5. The van der Waals surface area contributed by atoms with Crippen molar-refractivity contribution in [2.45, 2.75) is 38.8 Å². The summed E-state index contributed by atoms with van der Waals surface area (Å²) in [5.41, 5.74) is 5.37. The SMILES string of the molecule is CN(CCC(F)(F)F)c1cc(N)nc(C(C)(C)C)n1. The van der Waals surface area contributed by atoms with Crippen molar-refractivity contribution in [1.82, 2.24) is 9.97 Å². The molecule has 1 aromatic rings. The van der Waals surface area contributed by atoms with E-state index in [2.05, 4.69) is 9.97 Å². The summed E-state index contributed by atoms with van der Waals surface area (Å²) in [5, 5.41) is 0. The van der Waals surface area contributed by atoms with E-state index in [-0.39, 0.29) is 17.8 Å². The quantitative estimate of drug-likeness (QED) is 0.922. The molecule has 0 unspecified atom stereocenters. The summed E-state index contributed by atoms with van der Waals surface area (Å²) < 4.78 is 36.6. The zero-order valence-corrected chi connectivity index (χ0v) is 11.5. The number of halogens is 3. The van der Waals surface area contributed by atoms with Crippen LogP contribution in [0.3, 0.4) is 0 Å². The van der Waals surface area contributed by atoms with Crippen molar-refractivity contribution < 1.29 is 13.2 Å². The fraction of sp³-hybridized carbons (Fsp3) is 0.667. The summed E-state index contributed by atoms with van der Waals surface area (Å²) >= 11 is 0. The van der Waals surface area contributed by atoms with E-state index in [1.54, 1.807) is 7.05 Å². The lowest BCUT2D eigenvalue weighted by molar-refractivity contribution is -0.132. The highest BCUT2D eigenvalue weighted by Gasteiger charge is 2.27. The second-order valence-corrected chi connectivity index (χ2v) is 5.51. The van der Waals surface area contributed by atoms with Crippen LogP contribution in [-0.2, 0) is 5.41 Å². The van der Waals surface area contributed by atoms with Gasteiger partial charge in [-0.3, -0.25) is 0 Å². The average molecular weight is 276 g/mol. The van der Waals surface area contributed by atoms with Crippen molar-refractivity contribution in [2.24, 2.45) is 0 Å². The minimum absolute atomic E-state index is 0.163. The normalized spacial score (nSPS) is 12.6. The van der Waals surface area contributed by atoms with Gasteiger partial charge in [0.25, 0.3) is 0 Å². The smallest absolute Gasteiger partial charge is 0.384 e. The Morgan fingerprint density at radius 1 is 1.21 bits per heavy atom. The zero-order chi connectivity index (χ0) is 14.8. The molecule has 2 N–H and O–H groups in total. The van der Waals surface area contributed by atoms with Crippen LogP contribution < -0.4 is 10.6 Å². The van der Waals surface area contributed by atoms with Crippen LogP contribution in [-0.4, -0.2) is 29.7 Å². The van der Waals surface area contributed by atoms with E-state index < -0.39 is 12.6 Å². The molecule has 0 aliphatic heterocycles. The van der Waals surface area contributed by atoms with E-state index in [1.165, 1.54) is 11.0 Å². The second kappa shape index (κ2) is 5.22. The Morgan fingerprint density at radius 3 is 2.26 bits per heavy atom. The van der Waals surface area contributed by atoms with Gasteiger partial charge in [-0.2, -0.15) is 13.2 Å². The molecular weight excluding hydrogens is 257 g/mol. The largest absolute Gasteiger partial charge is 0.390 e. The van der Waals surface area contributed by atoms with E-state index in [1.807, 2.05) is 20.8 Å². The summed E-state index contributed by atoms with van der Waals surface area (Å²) in [6.07, 6.45) is -5.07. The van der Waals surface area contributed by atoms with Gasteiger partial charge in [0.2, 0.25) is 0 Å². The van der Waals surface area contributed by atoms with Crippen LogP contribution in [0.5, 0.6) is 0 Å². The molecule has 0 aliphatic carbocycles. The van der Waals surface area contributed by atoms with Crippen LogP contribution >= 0.6 is 0 Å². The number of rotatable bonds is 3. The molecule has 19 heavy (non-hydrogen) atoms. The van der Waals surface area contributed by atoms with Gasteiger partial charge in [0, 0.05) is 25.1 Å². The van der Waals surface area contributed by atoms with Gasteiger partial charge in [-0.1, -0.05) is 20.8 Å². The molecule has 1 aromatic heterocycles. The molecule has 7 heteroatoms. The van der Waals surface area contributed by atoms with E-state index in [0.717, 1.165) is 0 Å². The molecule has 0 bridgehead atoms. The van der Waals surface area contributed by atoms with Crippen LogP contribution in [0.1, 0.15) is 33.0 Å². The fourth-order valence-electron chi connectivity index (χ4n) is 1.39. The molecule has 4 nitrogen and oxygen atoms in total. The van der Waals surface area contributed by atoms with Crippen LogP contribution in [0.25, 0.3) is 0 Å². The van der Waals surface area contributed by atoms with E-state index in [9.17, 15) is 13.2 Å². The predicted molar refractivity (Wildman–Crippen MR) is 69.1 cm³/mol. The van der Waals surface area contributed by atoms with Gasteiger partial charge in [0.15, 0.2) is 0 Å². The highest BCUT2D eigenvalue weighted by molar-refractivity contribution is 5.47. The number of alkyl halides is 3. The Balaban J connectivity index is 2.91. The van der Waals surface area contributed by atoms with Gasteiger partial charge in [0.05, 0.1) is 6.42 Å². The molecule has 0 atom stereocenters. The minimum Gasteiger partial charge on any atom is -0.384 e. The number of hydrogen-bond donors (Lipinski definition) is 1. The molecule has 0 radical (unpaired) electrons. The molecule has 0 saturated carbocycles. The van der Waals surface area contributed by atoms with Gasteiger partial charge in [0.1, 0.15) is 17.5 Å². The van der Waals surface area contributed by atoms with Gasteiger partial charge in [-0.05, 0) is 0 Å².